The second-order valence-electron chi connectivity index (χ2n) is 14.4. The lowest BCUT2D eigenvalue weighted by molar-refractivity contribution is 0.801. The van der Waals surface area contributed by atoms with E-state index in [4.69, 9.17) is 0 Å². The molecule has 0 atom stereocenters. The molecule has 10 aromatic rings. The molecule has 0 amide bonds. The van der Waals surface area contributed by atoms with Gasteiger partial charge in [-0.15, -0.1) is 0 Å². The van der Waals surface area contributed by atoms with Crippen molar-refractivity contribution in [3.63, 3.8) is 0 Å². The van der Waals surface area contributed by atoms with Gasteiger partial charge in [-0.3, -0.25) is 0 Å². The summed E-state index contributed by atoms with van der Waals surface area (Å²) in [4.78, 5) is 0. The summed E-state index contributed by atoms with van der Waals surface area (Å²) in [6.45, 7) is 0. The first kappa shape index (κ1) is 28.0. The van der Waals surface area contributed by atoms with Gasteiger partial charge in [-0.1, -0.05) is 164 Å². The van der Waals surface area contributed by atoms with E-state index in [1.165, 1.54) is 105 Å². The van der Waals surface area contributed by atoms with Crippen LogP contribution in [0.4, 0.5) is 0 Å². The van der Waals surface area contributed by atoms with Crippen LogP contribution in [-0.2, 0) is 5.41 Å². The van der Waals surface area contributed by atoms with E-state index in [1.807, 2.05) is 0 Å². The Morgan fingerprint density at radius 1 is 0.327 bits per heavy atom. The van der Waals surface area contributed by atoms with E-state index in [-0.39, 0.29) is 5.41 Å². The first-order chi connectivity index (χ1) is 25.8. The molecule has 1 heterocycles. The zero-order chi connectivity index (χ0) is 34.0. The van der Waals surface area contributed by atoms with Crippen molar-refractivity contribution in [1.82, 2.24) is 4.57 Å². The maximum atomic E-state index is 2.52. The highest BCUT2D eigenvalue weighted by Crippen LogP contribution is 2.65. The minimum Gasteiger partial charge on any atom is -0.309 e. The van der Waals surface area contributed by atoms with E-state index in [9.17, 15) is 0 Å². The van der Waals surface area contributed by atoms with Gasteiger partial charge in [-0.2, -0.15) is 0 Å². The number of para-hydroxylation sites is 1. The van der Waals surface area contributed by atoms with Crippen LogP contribution < -0.4 is 0 Å². The summed E-state index contributed by atoms with van der Waals surface area (Å²) in [6.07, 6.45) is 0. The molecule has 0 fully saturated rings. The Labute approximate surface area is 301 Å². The molecule has 2 aliphatic carbocycles. The van der Waals surface area contributed by atoms with Gasteiger partial charge >= 0.3 is 0 Å². The van der Waals surface area contributed by atoms with Gasteiger partial charge in [0.05, 0.1) is 16.6 Å². The maximum Gasteiger partial charge on any atom is 0.0747 e. The molecule has 0 unspecified atom stereocenters. The minimum atomic E-state index is -0.387. The molecule has 1 nitrogen and oxygen atoms in total. The lowest BCUT2D eigenvalue weighted by Crippen LogP contribution is -2.25. The molecule has 1 heteroatoms. The number of fused-ring (bicyclic) bond motifs is 18. The van der Waals surface area contributed by atoms with Crippen molar-refractivity contribution >= 4 is 43.2 Å². The second kappa shape index (κ2) is 10.2. The number of aromatic nitrogens is 1. The lowest BCUT2D eigenvalue weighted by atomic mass is 9.70. The second-order valence-corrected chi connectivity index (χ2v) is 14.4. The van der Waals surface area contributed by atoms with Gasteiger partial charge in [0.1, 0.15) is 0 Å². The summed E-state index contributed by atoms with van der Waals surface area (Å²) in [5.41, 5.74) is 15.2. The highest BCUT2D eigenvalue weighted by molar-refractivity contribution is 6.25. The third-order valence-electron chi connectivity index (χ3n) is 12.0. The number of nitrogens with zero attached hydrogens (tertiary/aromatic N) is 1. The van der Waals surface area contributed by atoms with E-state index in [0.717, 1.165) is 0 Å². The van der Waals surface area contributed by atoms with Crippen LogP contribution in [0, 0.1) is 0 Å². The van der Waals surface area contributed by atoms with Gasteiger partial charge < -0.3 is 4.57 Å². The zero-order valence-electron chi connectivity index (χ0n) is 28.3. The SMILES string of the molecule is c1ccc2c(c1)-c1ccccc1C21c2ccccc2-c2c1c1ccccc1n2-c1ccc(-c2ccc3c4ccccc4c4ccccc4c3c2)cc1. The highest BCUT2D eigenvalue weighted by Gasteiger charge is 2.54. The summed E-state index contributed by atoms with van der Waals surface area (Å²) in [7, 11) is 0. The van der Waals surface area contributed by atoms with Gasteiger partial charge in [-0.05, 0) is 95.5 Å². The fourth-order valence-corrected chi connectivity index (χ4v) is 9.98. The molecule has 0 N–H and O–H groups in total. The van der Waals surface area contributed by atoms with Crippen molar-refractivity contribution in [3.8, 4) is 39.2 Å². The molecule has 240 valence electrons. The Bertz CT molecular complexity index is 3040. The molecule has 1 spiro atoms. The number of hydrogen-bond acceptors (Lipinski definition) is 0. The number of benzene rings is 9. The summed E-state index contributed by atoms with van der Waals surface area (Å²) in [5.74, 6) is 0. The first-order valence-corrected chi connectivity index (χ1v) is 18.2. The summed E-state index contributed by atoms with van der Waals surface area (Å²) >= 11 is 0. The molecule has 12 rings (SSSR count). The summed E-state index contributed by atoms with van der Waals surface area (Å²) in [6, 6.07) is 70.1. The molecule has 0 aliphatic heterocycles. The molecule has 0 saturated carbocycles. The third-order valence-corrected chi connectivity index (χ3v) is 12.0. The van der Waals surface area contributed by atoms with Gasteiger partial charge in [0.25, 0.3) is 0 Å². The fourth-order valence-electron chi connectivity index (χ4n) is 9.98. The van der Waals surface area contributed by atoms with Crippen molar-refractivity contribution in [3.05, 3.63) is 210 Å². The standard InChI is InChI=1S/C51H31N/c1-2-15-37-35(13-1)36-14-3-4-16-38(36)44-31-33(27-30-39(37)44)32-25-28-34(29-26-32)52-48-24-12-8-20-43(48)49-50(52)42-19-7-11-23-47(42)51(49)45-21-9-5-17-40(45)41-18-6-10-22-46(41)51/h1-31H. The molecule has 0 bridgehead atoms. The first-order valence-electron chi connectivity index (χ1n) is 18.2. The smallest absolute Gasteiger partial charge is 0.0747 e. The van der Waals surface area contributed by atoms with Crippen molar-refractivity contribution in [2.24, 2.45) is 0 Å². The molecular formula is C51H31N. The van der Waals surface area contributed by atoms with Crippen LogP contribution in [0.3, 0.4) is 0 Å². The Balaban J connectivity index is 1.08. The monoisotopic (exact) mass is 657 g/mol. The molecule has 1 aromatic heterocycles. The summed E-state index contributed by atoms with van der Waals surface area (Å²) < 4.78 is 2.52. The summed E-state index contributed by atoms with van der Waals surface area (Å²) in [5, 5.41) is 9.11. The van der Waals surface area contributed by atoms with Crippen molar-refractivity contribution in [2.45, 2.75) is 5.41 Å². The van der Waals surface area contributed by atoms with Gasteiger partial charge in [0, 0.05) is 22.2 Å². The van der Waals surface area contributed by atoms with Crippen LogP contribution >= 0.6 is 0 Å². The number of rotatable bonds is 2. The molecule has 52 heavy (non-hydrogen) atoms. The van der Waals surface area contributed by atoms with E-state index in [2.05, 4.69) is 193 Å². The Hall–Kier alpha value is -6.70. The number of hydrogen-bond donors (Lipinski definition) is 0. The fraction of sp³-hybridized carbons (Fsp3) is 0.0196. The maximum absolute atomic E-state index is 2.52. The predicted molar refractivity (Wildman–Crippen MR) is 218 cm³/mol. The van der Waals surface area contributed by atoms with Gasteiger partial charge in [0.2, 0.25) is 0 Å². The van der Waals surface area contributed by atoms with E-state index < -0.39 is 0 Å². The average molecular weight is 658 g/mol. The molecular weight excluding hydrogens is 627 g/mol. The van der Waals surface area contributed by atoms with Crippen LogP contribution in [0.1, 0.15) is 22.3 Å². The van der Waals surface area contributed by atoms with Crippen molar-refractivity contribution < 1.29 is 0 Å². The van der Waals surface area contributed by atoms with Gasteiger partial charge in [-0.25, -0.2) is 0 Å². The van der Waals surface area contributed by atoms with Crippen LogP contribution in [0.15, 0.2) is 188 Å². The van der Waals surface area contributed by atoms with E-state index in [0.29, 0.717) is 0 Å². The van der Waals surface area contributed by atoms with E-state index >= 15 is 0 Å². The molecule has 0 radical (unpaired) electrons. The van der Waals surface area contributed by atoms with Crippen LogP contribution in [0.5, 0.6) is 0 Å². The van der Waals surface area contributed by atoms with Crippen LogP contribution in [-0.4, -0.2) is 4.57 Å². The Morgan fingerprint density at radius 2 is 0.769 bits per heavy atom. The Morgan fingerprint density at radius 3 is 1.38 bits per heavy atom. The molecule has 0 saturated heterocycles. The van der Waals surface area contributed by atoms with Gasteiger partial charge in [0.15, 0.2) is 0 Å². The van der Waals surface area contributed by atoms with Crippen molar-refractivity contribution in [1.29, 1.82) is 0 Å². The third kappa shape index (κ3) is 3.43. The van der Waals surface area contributed by atoms with Crippen LogP contribution in [0.25, 0.3) is 82.4 Å². The molecule has 2 aliphatic rings. The minimum absolute atomic E-state index is 0.387. The molecule has 9 aromatic carbocycles. The topological polar surface area (TPSA) is 4.93 Å². The van der Waals surface area contributed by atoms with Crippen molar-refractivity contribution in [2.75, 3.05) is 0 Å². The predicted octanol–water partition coefficient (Wildman–Crippen LogP) is 13.1. The quantitative estimate of drug-likeness (QED) is 0.163. The average Bonchev–Trinajstić information content (AvgIpc) is 3.83. The normalized spacial score (nSPS) is 13.5. The highest BCUT2D eigenvalue weighted by atomic mass is 15.0. The Kier molecular flexibility index (Phi) is 5.49. The van der Waals surface area contributed by atoms with Crippen LogP contribution in [0.2, 0.25) is 0 Å². The zero-order valence-corrected chi connectivity index (χ0v) is 28.3. The largest absolute Gasteiger partial charge is 0.309 e. The lowest BCUT2D eigenvalue weighted by Gasteiger charge is -2.30. The van der Waals surface area contributed by atoms with E-state index in [1.54, 1.807) is 0 Å².